The van der Waals surface area contributed by atoms with E-state index in [9.17, 15) is 5.11 Å². The molecule has 1 N–H and O–H groups in total. The molecular formula is C12H17BrO. The highest BCUT2D eigenvalue weighted by Crippen LogP contribution is 2.28. The summed E-state index contributed by atoms with van der Waals surface area (Å²) in [6.07, 6.45) is 0. The highest BCUT2D eigenvalue weighted by Gasteiger charge is 2.13. The predicted octanol–water partition coefficient (Wildman–Crippen LogP) is 3.84. The van der Waals surface area contributed by atoms with E-state index in [4.69, 9.17) is 0 Å². The van der Waals surface area contributed by atoms with E-state index in [1.807, 2.05) is 13.0 Å². The molecule has 1 nitrogen and oxygen atoms in total. The normalized spacial score (nSPS) is 15.1. The largest absolute Gasteiger partial charge is 0.508 e. The van der Waals surface area contributed by atoms with Crippen LogP contribution in [-0.4, -0.2) is 10.4 Å². The molecular weight excluding hydrogens is 240 g/mol. The summed E-state index contributed by atoms with van der Waals surface area (Å²) >= 11 is 3.50. The van der Waals surface area contributed by atoms with Crippen molar-refractivity contribution < 1.29 is 5.11 Å². The Morgan fingerprint density at radius 3 is 2.50 bits per heavy atom. The third-order valence-corrected chi connectivity index (χ3v) is 3.86. The number of hydrogen-bond donors (Lipinski definition) is 1. The summed E-state index contributed by atoms with van der Waals surface area (Å²) in [5.74, 6) is 1.51. The molecule has 0 heterocycles. The van der Waals surface area contributed by atoms with Gasteiger partial charge in [0, 0.05) is 5.33 Å². The number of phenols is 1. The van der Waals surface area contributed by atoms with Gasteiger partial charge in [-0.2, -0.15) is 0 Å². The molecule has 0 aliphatic carbocycles. The van der Waals surface area contributed by atoms with E-state index in [2.05, 4.69) is 35.8 Å². The first-order chi connectivity index (χ1) is 6.56. The molecule has 0 amide bonds. The van der Waals surface area contributed by atoms with Crippen molar-refractivity contribution >= 4 is 15.9 Å². The smallest absolute Gasteiger partial charge is 0.118 e. The molecule has 0 radical (unpaired) electrons. The summed E-state index contributed by atoms with van der Waals surface area (Å²) in [5.41, 5.74) is 2.25. The third-order valence-electron chi connectivity index (χ3n) is 2.84. The van der Waals surface area contributed by atoms with Crippen LogP contribution in [0.25, 0.3) is 0 Å². The highest BCUT2D eigenvalue weighted by molar-refractivity contribution is 9.09. The first-order valence-electron chi connectivity index (χ1n) is 4.91. The molecule has 0 spiro atoms. The summed E-state index contributed by atoms with van der Waals surface area (Å²) in [6.45, 7) is 6.38. The number of alkyl halides is 1. The van der Waals surface area contributed by atoms with Crippen molar-refractivity contribution in [3.8, 4) is 5.75 Å². The lowest BCUT2D eigenvalue weighted by molar-refractivity contribution is 0.469. The average Bonchev–Trinajstić information content (AvgIpc) is 2.20. The number of hydrogen-bond acceptors (Lipinski definition) is 1. The van der Waals surface area contributed by atoms with Crippen LogP contribution in [0.3, 0.4) is 0 Å². The Morgan fingerprint density at radius 1 is 1.36 bits per heavy atom. The van der Waals surface area contributed by atoms with Crippen LogP contribution in [0.5, 0.6) is 5.75 Å². The van der Waals surface area contributed by atoms with Crippen molar-refractivity contribution in [1.29, 1.82) is 0 Å². The van der Waals surface area contributed by atoms with Gasteiger partial charge in [0.15, 0.2) is 0 Å². The van der Waals surface area contributed by atoms with Gasteiger partial charge in [-0.1, -0.05) is 41.9 Å². The molecule has 1 aromatic carbocycles. The molecule has 14 heavy (non-hydrogen) atoms. The molecule has 2 heteroatoms. The first kappa shape index (κ1) is 11.6. The second-order valence-electron chi connectivity index (χ2n) is 3.97. The van der Waals surface area contributed by atoms with Crippen LogP contribution in [0.15, 0.2) is 18.2 Å². The number of benzene rings is 1. The van der Waals surface area contributed by atoms with Crippen LogP contribution in [0.2, 0.25) is 0 Å². The van der Waals surface area contributed by atoms with Crippen LogP contribution in [0.4, 0.5) is 0 Å². The van der Waals surface area contributed by atoms with Crippen molar-refractivity contribution in [2.24, 2.45) is 5.92 Å². The van der Waals surface area contributed by atoms with Gasteiger partial charge in [-0.15, -0.1) is 0 Å². The number of phenolic OH excluding ortho intramolecular Hbond substituents is 1. The van der Waals surface area contributed by atoms with Crippen LogP contribution < -0.4 is 0 Å². The van der Waals surface area contributed by atoms with Crippen LogP contribution in [0, 0.1) is 12.8 Å². The van der Waals surface area contributed by atoms with E-state index >= 15 is 0 Å². The molecule has 2 unspecified atom stereocenters. The fourth-order valence-electron chi connectivity index (χ4n) is 1.42. The first-order valence-corrected chi connectivity index (χ1v) is 6.04. The zero-order valence-electron chi connectivity index (χ0n) is 8.92. The Morgan fingerprint density at radius 2 is 2.00 bits per heavy atom. The van der Waals surface area contributed by atoms with Gasteiger partial charge in [-0.05, 0) is 36.0 Å². The van der Waals surface area contributed by atoms with E-state index in [1.54, 1.807) is 6.07 Å². The monoisotopic (exact) mass is 256 g/mol. The van der Waals surface area contributed by atoms with Crippen molar-refractivity contribution in [3.63, 3.8) is 0 Å². The highest BCUT2D eigenvalue weighted by atomic mass is 79.9. The third kappa shape index (κ3) is 2.50. The van der Waals surface area contributed by atoms with Gasteiger partial charge in [0.05, 0.1) is 0 Å². The number of rotatable bonds is 3. The summed E-state index contributed by atoms with van der Waals surface area (Å²) in [7, 11) is 0. The number of aromatic hydroxyl groups is 1. The van der Waals surface area contributed by atoms with E-state index in [1.165, 1.54) is 5.56 Å². The van der Waals surface area contributed by atoms with Crippen molar-refractivity contribution in [1.82, 2.24) is 0 Å². The van der Waals surface area contributed by atoms with Gasteiger partial charge in [-0.25, -0.2) is 0 Å². The zero-order valence-corrected chi connectivity index (χ0v) is 10.5. The molecule has 0 saturated carbocycles. The molecule has 0 aliphatic heterocycles. The fraction of sp³-hybridized carbons (Fsp3) is 0.500. The molecule has 2 atom stereocenters. The summed E-state index contributed by atoms with van der Waals surface area (Å²) in [6, 6.07) is 5.85. The number of aryl methyl sites for hydroxylation is 1. The van der Waals surface area contributed by atoms with Gasteiger partial charge in [0.1, 0.15) is 5.75 Å². The Labute approximate surface area is 94.3 Å². The van der Waals surface area contributed by atoms with Crippen molar-refractivity contribution in [2.75, 3.05) is 5.33 Å². The van der Waals surface area contributed by atoms with Crippen LogP contribution >= 0.6 is 15.9 Å². The van der Waals surface area contributed by atoms with Gasteiger partial charge in [-0.3, -0.25) is 0 Å². The maximum atomic E-state index is 9.41. The van der Waals surface area contributed by atoms with E-state index < -0.39 is 0 Å². The molecule has 0 bridgehead atoms. The summed E-state index contributed by atoms with van der Waals surface area (Å²) in [5, 5.41) is 10.4. The minimum Gasteiger partial charge on any atom is -0.508 e. The van der Waals surface area contributed by atoms with Crippen LogP contribution in [0.1, 0.15) is 30.9 Å². The SMILES string of the molecule is Cc1cc(C(C)C(C)CBr)ccc1O. The predicted molar refractivity (Wildman–Crippen MR) is 64.2 cm³/mol. The second kappa shape index (κ2) is 4.83. The lowest BCUT2D eigenvalue weighted by atomic mass is 9.89. The average molecular weight is 257 g/mol. The van der Waals surface area contributed by atoms with Gasteiger partial charge in [0.25, 0.3) is 0 Å². The molecule has 0 aromatic heterocycles. The zero-order chi connectivity index (χ0) is 10.7. The van der Waals surface area contributed by atoms with Gasteiger partial charge < -0.3 is 5.11 Å². The van der Waals surface area contributed by atoms with Gasteiger partial charge in [0.2, 0.25) is 0 Å². The second-order valence-corrected chi connectivity index (χ2v) is 4.61. The minimum atomic E-state index is 0.382. The molecule has 78 valence electrons. The maximum Gasteiger partial charge on any atom is 0.118 e. The molecule has 1 aromatic rings. The maximum absolute atomic E-state index is 9.41. The standard InChI is InChI=1S/C12H17BrO/c1-8-6-11(4-5-12(8)14)10(3)9(2)7-13/h4-6,9-10,14H,7H2,1-3H3. The lowest BCUT2D eigenvalue weighted by Gasteiger charge is -2.18. The summed E-state index contributed by atoms with van der Waals surface area (Å²) in [4.78, 5) is 0. The quantitative estimate of drug-likeness (QED) is 0.816. The Bertz CT molecular complexity index is 309. The van der Waals surface area contributed by atoms with Gasteiger partial charge >= 0.3 is 0 Å². The topological polar surface area (TPSA) is 20.2 Å². The molecule has 0 saturated heterocycles. The van der Waals surface area contributed by atoms with Crippen molar-refractivity contribution in [2.45, 2.75) is 26.7 Å². The Kier molecular flexibility index (Phi) is 3.99. The van der Waals surface area contributed by atoms with E-state index in [0.717, 1.165) is 10.9 Å². The van der Waals surface area contributed by atoms with E-state index in [-0.39, 0.29) is 0 Å². The summed E-state index contributed by atoms with van der Waals surface area (Å²) < 4.78 is 0. The van der Waals surface area contributed by atoms with Crippen LogP contribution in [-0.2, 0) is 0 Å². The van der Waals surface area contributed by atoms with Crippen molar-refractivity contribution in [3.05, 3.63) is 29.3 Å². The lowest BCUT2D eigenvalue weighted by Crippen LogP contribution is -2.07. The van der Waals surface area contributed by atoms with E-state index in [0.29, 0.717) is 17.6 Å². The number of halogens is 1. The fourth-order valence-corrected chi connectivity index (χ4v) is 1.98. The Hall–Kier alpha value is -0.500. The Balaban J connectivity index is 2.91. The molecule has 0 aliphatic rings. The molecule has 1 rings (SSSR count). The molecule has 0 fully saturated rings. The minimum absolute atomic E-state index is 0.382.